The summed E-state index contributed by atoms with van der Waals surface area (Å²) in [4.78, 5) is 14.1. The first-order valence-corrected chi connectivity index (χ1v) is 7.82. The predicted molar refractivity (Wildman–Crippen MR) is 82.3 cm³/mol. The number of rotatable bonds is 4. The SMILES string of the molecule is CCC[C@@H](N)C(=O)N1CCO[C@H](c2cccc(Br)c2)C1. The zero-order valence-corrected chi connectivity index (χ0v) is 13.3. The van der Waals surface area contributed by atoms with Crippen molar-refractivity contribution in [3.8, 4) is 0 Å². The van der Waals surface area contributed by atoms with Crippen LogP contribution >= 0.6 is 15.9 Å². The molecule has 1 aromatic carbocycles. The maximum Gasteiger partial charge on any atom is 0.239 e. The number of hydrogen-bond donors (Lipinski definition) is 1. The van der Waals surface area contributed by atoms with Gasteiger partial charge in [0.25, 0.3) is 0 Å². The third-order valence-electron chi connectivity index (χ3n) is 3.52. The van der Waals surface area contributed by atoms with Gasteiger partial charge in [0.05, 0.1) is 19.2 Å². The number of morpholine rings is 1. The van der Waals surface area contributed by atoms with Crippen molar-refractivity contribution in [1.29, 1.82) is 0 Å². The highest BCUT2D eigenvalue weighted by Crippen LogP contribution is 2.25. The predicted octanol–water partition coefficient (Wildman–Crippen LogP) is 2.48. The molecule has 4 nitrogen and oxygen atoms in total. The molecule has 0 bridgehead atoms. The zero-order valence-electron chi connectivity index (χ0n) is 11.7. The molecule has 1 amide bonds. The van der Waals surface area contributed by atoms with Crippen molar-refractivity contribution < 1.29 is 9.53 Å². The second-order valence-corrected chi connectivity index (χ2v) is 6.01. The third kappa shape index (κ3) is 3.81. The Morgan fingerprint density at radius 1 is 1.60 bits per heavy atom. The van der Waals surface area contributed by atoms with Crippen LogP contribution in [0.4, 0.5) is 0 Å². The van der Waals surface area contributed by atoms with Crippen molar-refractivity contribution in [2.45, 2.75) is 31.9 Å². The summed E-state index contributed by atoms with van der Waals surface area (Å²) in [7, 11) is 0. The monoisotopic (exact) mass is 340 g/mol. The fourth-order valence-corrected chi connectivity index (χ4v) is 2.84. The maximum absolute atomic E-state index is 12.3. The van der Waals surface area contributed by atoms with Crippen LogP contribution < -0.4 is 5.73 Å². The van der Waals surface area contributed by atoms with Crippen molar-refractivity contribution >= 4 is 21.8 Å². The van der Waals surface area contributed by atoms with Gasteiger partial charge in [-0.15, -0.1) is 0 Å². The summed E-state index contributed by atoms with van der Waals surface area (Å²) in [6.07, 6.45) is 1.59. The summed E-state index contributed by atoms with van der Waals surface area (Å²) in [5.74, 6) is 0.0372. The molecule has 1 saturated heterocycles. The molecule has 1 heterocycles. The van der Waals surface area contributed by atoms with Crippen LogP contribution in [-0.4, -0.2) is 36.5 Å². The average Bonchev–Trinajstić information content (AvgIpc) is 2.47. The van der Waals surface area contributed by atoms with Gasteiger partial charge in [0, 0.05) is 11.0 Å². The Kier molecular flexibility index (Phi) is 5.57. The van der Waals surface area contributed by atoms with E-state index in [9.17, 15) is 4.79 Å². The standard InChI is InChI=1S/C15H21BrN2O2/c1-2-4-13(17)15(19)18-7-8-20-14(10-18)11-5-3-6-12(16)9-11/h3,5-6,9,13-14H,2,4,7-8,10,17H2,1H3/t13-,14+/m1/s1. The van der Waals surface area contributed by atoms with E-state index in [1.165, 1.54) is 0 Å². The number of halogens is 1. The summed E-state index contributed by atoms with van der Waals surface area (Å²) in [5, 5.41) is 0. The van der Waals surface area contributed by atoms with E-state index in [0.717, 1.165) is 22.9 Å². The van der Waals surface area contributed by atoms with Crippen molar-refractivity contribution in [1.82, 2.24) is 4.90 Å². The van der Waals surface area contributed by atoms with E-state index in [4.69, 9.17) is 10.5 Å². The highest BCUT2D eigenvalue weighted by molar-refractivity contribution is 9.10. The lowest BCUT2D eigenvalue weighted by atomic mass is 10.1. The van der Waals surface area contributed by atoms with Crippen LogP contribution in [0.3, 0.4) is 0 Å². The van der Waals surface area contributed by atoms with Gasteiger partial charge in [-0.1, -0.05) is 41.4 Å². The van der Waals surface area contributed by atoms with Gasteiger partial charge < -0.3 is 15.4 Å². The normalized spacial score (nSPS) is 20.8. The first kappa shape index (κ1) is 15.5. The summed E-state index contributed by atoms with van der Waals surface area (Å²) >= 11 is 3.46. The smallest absolute Gasteiger partial charge is 0.239 e. The molecule has 5 heteroatoms. The van der Waals surface area contributed by atoms with Gasteiger partial charge in [0.15, 0.2) is 0 Å². The van der Waals surface area contributed by atoms with Crippen molar-refractivity contribution in [3.05, 3.63) is 34.3 Å². The largest absolute Gasteiger partial charge is 0.370 e. The third-order valence-corrected chi connectivity index (χ3v) is 4.01. The highest BCUT2D eigenvalue weighted by Gasteiger charge is 2.28. The lowest BCUT2D eigenvalue weighted by molar-refractivity contribution is -0.140. The first-order chi connectivity index (χ1) is 9.61. The Bertz CT molecular complexity index is 467. The van der Waals surface area contributed by atoms with Crippen molar-refractivity contribution in [2.75, 3.05) is 19.7 Å². The lowest BCUT2D eigenvalue weighted by Crippen LogP contribution is -2.49. The van der Waals surface area contributed by atoms with Crippen molar-refractivity contribution in [3.63, 3.8) is 0 Å². The van der Waals surface area contributed by atoms with Crippen LogP contribution in [0, 0.1) is 0 Å². The molecule has 1 aliphatic heterocycles. The topological polar surface area (TPSA) is 55.6 Å². The fourth-order valence-electron chi connectivity index (χ4n) is 2.43. The Labute approximate surface area is 128 Å². The molecule has 0 spiro atoms. The van der Waals surface area contributed by atoms with Crippen LogP contribution in [0.25, 0.3) is 0 Å². The molecule has 20 heavy (non-hydrogen) atoms. The minimum atomic E-state index is -0.388. The van der Waals surface area contributed by atoms with E-state index < -0.39 is 0 Å². The highest BCUT2D eigenvalue weighted by atomic mass is 79.9. The van der Waals surface area contributed by atoms with Crippen LogP contribution in [-0.2, 0) is 9.53 Å². The van der Waals surface area contributed by atoms with Crippen LogP contribution in [0.1, 0.15) is 31.4 Å². The number of nitrogens with two attached hydrogens (primary N) is 1. The Morgan fingerprint density at radius 2 is 2.40 bits per heavy atom. The molecule has 2 atom stereocenters. The Hall–Kier alpha value is -0.910. The van der Waals surface area contributed by atoms with Gasteiger partial charge in [-0.2, -0.15) is 0 Å². The second kappa shape index (κ2) is 7.20. The lowest BCUT2D eigenvalue weighted by Gasteiger charge is -2.34. The number of carbonyl (C=O) groups is 1. The van der Waals surface area contributed by atoms with E-state index >= 15 is 0 Å². The molecule has 0 saturated carbocycles. The quantitative estimate of drug-likeness (QED) is 0.915. The number of carbonyl (C=O) groups excluding carboxylic acids is 1. The maximum atomic E-state index is 12.3. The van der Waals surface area contributed by atoms with E-state index in [2.05, 4.69) is 15.9 Å². The molecular weight excluding hydrogens is 320 g/mol. The first-order valence-electron chi connectivity index (χ1n) is 7.03. The minimum Gasteiger partial charge on any atom is -0.370 e. The van der Waals surface area contributed by atoms with Gasteiger partial charge >= 0.3 is 0 Å². The van der Waals surface area contributed by atoms with Gasteiger partial charge in [-0.05, 0) is 24.1 Å². The molecular formula is C15H21BrN2O2. The van der Waals surface area contributed by atoms with Crippen LogP contribution in [0.5, 0.6) is 0 Å². The van der Waals surface area contributed by atoms with E-state index in [1.807, 2.05) is 36.1 Å². The van der Waals surface area contributed by atoms with E-state index in [-0.39, 0.29) is 18.1 Å². The van der Waals surface area contributed by atoms with E-state index in [0.29, 0.717) is 19.7 Å². The number of ether oxygens (including phenoxy) is 1. The molecule has 1 fully saturated rings. The number of nitrogens with zero attached hydrogens (tertiary/aromatic N) is 1. The molecule has 110 valence electrons. The second-order valence-electron chi connectivity index (χ2n) is 5.09. The molecule has 0 radical (unpaired) electrons. The number of hydrogen-bond acceptors (Lipinski definition) is 3. The molecule has 0 unspecified atom stereocenters. The summed E-state index contributed by atoms with van der Waals surface area (Å²) in [6, 6.07) is 7.62. The fraction of sp³-hybridized carbons (Fsp3) is 0.533. The van der Waals surface area contributed by atoms with Gasteiger partial charge in [0.2, 0.25) is 5.91 Å². The van der Waals surface area contributed by atoms with Crippen LogP contribution in [0.15, 0.2) is 28.7 Å². The molecule has 0 aliphatic carbocycles. The summed E-state index contributed by atoms with van der Waals surface area (Å²) < 4.78 is 6.80. The van der Waals surface area contributed by atoms with Gasteiger partial charge in [-0.3, -0.25) is 4.79 Å². The summed E-state index contributed by atoms with van der Waals surface area (Å²) in [6.45, 7) is 3.80. The molecule has 1 aliphatic rings. The Morgan fingerprint density at radius 3 is 3.10 bits per heavy atom. The minimum absolute atomic E-state index is 0.0372. The molecule has 2 rings (SSSR count). The molecule has 0 aromatic heterocycles. The summed E-state index contributed by atoms with van der Waals surface area (Å²) in [5.41, 5.74) is 7.01. The average molecular weight is 341 g/mol. The van der Waals surface area contributed by atoms with E-state index in [1.54, 1.807) is 0 Å². The Balaban J connectivity index is 2.03. The molecule has 1 aromatic rings. The van der Waals surface area contributed by atoms with Gasteiger partial charge in [-0.25, -0.2) is 0 Å². The zero-order chi connectivity index (χ0) is 14.5. The van der Waals surface area contributed by atoms with Crippen molar-refractivity contribution in [2.24, 2.45) is 5.73 Å². The number of amides is 1. The number of benzene rings is 1. The molecule has 2 N–H and O–H groups in total. The van der Waals surface area contributed by atoms with Gasteiger partial charge in [0.1, 0.15) is 6.10 Å². The van der Waals surface area contributed by atoms with Crippen LogP contribution in [0.2, 0.25) is 0 Å².